The van der Waals surface area contributed by atoms with E-state index in [-0.39, 0.29) is 11.0 Å². The van der Waals surface area contributed by atoms with Gasteiger partial charge in [0.15, 0.2) is 0 Å². The van der Waals surface area contributed by atoms with E-state index in [4.69, 9.17) is 5.11 Å². The molecule has 0 atom stereocenters. The fraction of sp³-hybridized carbons (Fsp3) is 0.400. The zero-order valence-corrected chi connectivity index (χ0v) is 9.24. The summed E-state index contributed by atoms with van der Waals surface area (Å²) < 4.78 is 25.0. The van der Waals surface area contributed by atoms with Crippen LogP contribution >= 0.6 is 0 Å². The molecule has 0 amide bonds. The lowest BCUT2D eigenvalue weighted by Gasteiger charge is -2.18. The Labute approximate surface area is 89.2 Å². The third kappa shape index (κ3) is 1.92. The van der Waals surface area contributed by atoms with Gasteiger partial charge in [-0.25, -0.2) is 8.42 Å². The van der Waals surface area contributed by atoms with Gasteiger partial charge >= 0.3 is 0 Å². The maximum atomic E-state index is 11.8. The van der Waals surface area contributed by atoms with Crippen LogP contribution in [0.5, 0.6) is 5.75 Å². The van der Waals surface area contributed by atoms with Crippen molar-refractivity contribution in [2.75, 3.05) is 11.4 Å². The quantitative estimate of drug-likeness (QED) is 0.847. The van der Waals surface area contributed by atoms with Gasteiger partial charge in [0.05, 0.1) is 10.9 Å². The number of phenolic OH excluding ortho intramolecular Hbond substituents is 1. The molecule has 15 heavy (non-hydrogen) atoms. The first-order valence-electron chi connectivity index (χ1n) is 4.78. The Hall–Kier alpha value is -1.23. The number of sulfonamides is 1. The van der Waals surface area contributed by atoms with Gasteiger partial charge in [-0.3, -0.25) is 4.31 Å². The lowest BCUT2D eigenvalue weighted by Crippen LogP contribution is -2.29. The van der Waals surface area contributed by atoms with Gasteiger partial charge in [0, 0.05) is 7.05 Å². The highest BCUT2D eigenvalue weighted by atomic mass is 32.2. The summed E-state index contributed by atoms with van der Waals surface area (Å²) in [4.78, 5) is 0. The van der Waals surface area contributed by atoms with Crippen molar-refractivity contribution in [2.45, 2.75) is 18.1 Å². The standard InChI is InChI=1S/C10H13NO3S/c1-11(15(13,14)10-6-7-10)8-2-4-9(12)5-3-8/h2-5,10,12H,6-7H2,1H3. The molecule has 1 N–H and O–H groups in total. The van der Waals surface area contributed by atoms with Crippen LogP contribution in [0, 0.1) is 0 Å². The summed E-state index contributed by atoms with van der Waals surface area (Å²) in [6, 6.07) is 6.15. The maximum Gasteiger partial charge on any atom is 0.237 e. The van der Waals surface area contributed by atoms with E-state index < -0.39 is 10.0 Å². The number of phenols is 1. The molecule has 0 heterocycles. The monoisotopic (exact) mass is 227 g/mol. The summed E-state index contributed by atoms with van der Waals surface area (Å²) in [5, 5.41) is 8.88. The van der Waals surface area contributed by atoms with Crippen molar-refractivity contribution in [3.63, 3.8) is 0 Å². The van der Waals surface area contributed by atoms with Crippen molar-refractivity contribution >= 4 is 15.7 Å². The molecule has 1 fully saturated rings. The Balaban J connectivity index is 2.27. The zero-order valence-electron chi connectivity index (χ0n) is 8.42. The second kappa shape index (κ2) is 3.41. The number of hydrogen-bond acceptors (Lipinski definition) is 3. The van der Waals surface area contributed by atoms with Gasteiger partial charge in [-0.2, -0.15) is 0 Å². The maximum absolute atomic E-state index is 11.8. The van der Waals surface area contributed by atoms with Crippen molar-refractivity contribution < 1.29 is 13.5 Å². The minimum absolute atomic E-state index is 0.135. The van der Waals surface area contributed by atoms with Crippen molar-refractivity contribution in [1.82, 2.24) is 0 Å². The third-order valence-electron chi connectivity index (χ3n) is 2.54. The first-order valence-corrected chi connectivity index (χ1v) is 6.29. The molecule has 1 aliphatic carbocycles. The number of aromatic hydroxyl groups is 1. The van der Waals surface area contributed by atoms with Gasteiger partial charge in [0.1, 0.15) is 5.75 Å². The molecule has 0 bridgehead atoms. The van der Waals surface area contributed by atoms with E-state index in [2.05, 4.69) is 0 Å². The first kappa shape index (κ1) is 10.3. The predicted molar refractivity (Wildman–Crippen MR) is 58.5 cm³/mol. The second-order valence-electron chi connectivity index (χ2n) is 3.73. The molecule has 0 saturated heterocycles. The van der Waals surface area contributed by atoms with E-state index >= 15 is 0 Å². The van der Waals surface area contributed by atoms with E-state index in [1.807, 2.05) is 0 Å². The number of anilines is 1. The van der Waals surface area contributed by atoms with Crippen molar-refractivity contribution in [3.8, 4) is 5.75 Å². The van der Waals surface area contributed by atoms with Crippen molar-refractivity contribution in [2.24, 2.45) is 0 Å². The van der Waals surface area contributed by atoms with Crippen LogP contribution in [0.25, 0.3) is 0 Å². The van der Waals surface area contributed by atoms with E-state index in [0.717, 1.165) is 12.8 Å². The summed E-state index contributed by atoms with van der Waals surface area (Å²) >= 11 is 0. The summed E-state index contributed by atoms with van der Waals surface area (Å²) in [5.74, 6) is 0.135. The Kier molecular flexibility index (Phi) is 2.34. The smallest absolute Gasteiger partial charge is 0.237 e. The summed E-state index contributed by atoms with van der Waals surface area (Å²) in [7, 11) is -1.64. The largest absolute Gasteiger partial charge is 0.508 e. The highest BCUT2D eigenvalue weighted by Crippen LogP contribution is 2.32. The highest BCUT2D eigenvalue weighted by molar-refractivity contribution is 7.93. The molecule has 0 aliphatic heterocycles. The van der Waals surface area contributed by atoms with Gasteiger partial charge in [-0.15, -0.1) is 0 Å². The van der Waals surface area contributed by atoms with E-state index in [1.165, 1.54) is 16.4 Å². The Morgan fingerprint density at radius 1 is 1.27 bits per heavy atom. The van der Waals surface area contributed by atoms with E-state index in [0.29, 0.717) is 5.69 Å². The molecule has 4 nitrogen and oxygen atoms in total. The van der Waals surface area contributed by atoms with Crippen molar-refractivity contribution in [3.05, 3.63) is 24.3 Å². The number of rotatable bonds is 3. The molecule has 1 saturated carbocycles. The second-order valence-corrected chi connectivity index (χ2v) is 5.97. The molecule has 1 aliphatic rings. The molecule has 0 aromatic heterocycles. The Bertz CT molecular complexity index is 448. The van der Waals surface area contributed by atoms with Crippen molar-refractivity contribution in [1.29, 1.82) is 0 Å². The van der Waals surface area contributed by atoms with Gasteiger partial charge in [0.25, 0.3) is 0 Å². The fourth-order valence-corrected chi connectivity index (χ4v) is 2.99. The third-order valence-corrected chi connectivity index (χ3v) is 4.83. The fourth-order valence-electron chi connectivity index (χ4n) is 1.40. The van der Waals surface area contributed by atoms with Crippen LogP contribution in [0.4, 0.5) is 5.69 Å². The Morgan fingerprint density at radius 2 is 1.80 bits per heavy atom. The van der Waals surface area contributed by atoms with Gasteiger partial charge < -0.3 is 5.11 Å². The SMILES string of the molecule is CN(c1ccc(O)cc1)S(=O)(=O)C1CC1. The average Bonchev–Trinajstić information content (AvgIpc) is 3.01. The molecule has 0 unspecified atom stereocenters. The molecule has 0 spiro atoms. The normalized spacial score (nSPS) is 16.3. The highest BCUT2D eigenvalue weighted by Gasteiger charge is 2.38. The van der Waals surface area contributed by atoms with Gasteiger partial charge in [-0.05, 0) is 37.1 Å². The summed E-state index contributed by atoms with van der Waals surface area (Å²) in [6.07, 6.45) is 1.51. The van der Waals surface area contributed by atoms with E-state index in [1.54, 1.807) is 19.2 Å². The average molecular weight is 227 g/mol. The van der Waals surface area contributed by atoms with Crippen LogP contribution in [-0.2, 0) is 10.0 Å². The first-order chi connectivity index (χ1) is 7.01. The molecule has 1 aromatic carbocycles. The molecule has 82 valence electrons. The zero-order chi connectivity index (χ0) is 11.1. The molecule has 5 heteroatoms. The predicted octanol–water partition coefficient (Wildman–Crippen LogP) is 1.32. The number of benzene rings is 1. The van der Waals surface area contributed by atoms with E-state index in [9.17, 15) is 8.42 Å². The van der Waals surface area contributed by atoms with Crippen LogP contribution in [0.1, 0.15) is 12.8 Å². The minimum atomic E-state index is -3.18. The molecule has 2 rings (SSSR count). The van der Waals surface area contributed by atoms with Crippen LogP contribution in [0.15, 0.2) is 24.3 Å². The summed E-state index contributed by atoms with van der Waals surface area (Å²) in [5.41, 5.74) is 0.583. The lowest BCUT2D eigenvalue weighted by molar-refractivity contribution is 0.475. The Morgan fingerprint density at radius 3 is 2.27 bits per heavy atom. The summed E-state index contributed by atoms with van der Waals surface area (Å²) in [6.45, 7) is 0. The van der Waals surface area contributed by atoms with Crippen LogP contribution in [0.2, 0.25) is 0 Å². The van der Waals surface area contributed by atoms with Crippen LogP contribution in [-0.4, -0.2) is 25.8 Å². The van der Waals surface area contributed by atoms with Gasteiger partial charge in [0.2, 0.25) is 10.0 Å². The number of nitrogens with zero attached hydrogens (tertiary/aromatic N) is 1. The van der Waals surface area contributed by atoms with Gasteiger partial charge in [-0.1, -0.05) is 0 Å². The minimum Gasteiger partial charge on any atom is -0.508 e. The topological polar surface area (TPSA) is 57.6 Å². The molecule has 0 radical (unpaired) electrons. The number of hydrogen-bond donors (Lipinski definition) is 1. The molecular formula is C10H13NO3S. The lowest BCUT2D eigenvalue weighted by atomic mass is 10.3. The van der Waals surface area contributed by atoms with Crippen LogP contribution < -0.4 is 4.31 Å². The molecular weight excluding hydrogens is 214 g/mol. The molecule has 1 aromatic rings. The van der Waals surface area contributed by atoms with Crippen LogP contribution in [0.3, 0.4) is 0 Å².